The van der Waals surface area contributed by atoms with E-state index >= 15 is 0 Å². The number of carbonyl (C=O) groups is 1. The molecule has 0 aromatic carbocycles. The fourth-order valence-corrected chi connectivity index (χ4v) is 1.23. The average molecular weight is 257 g/mol. The molecule has 0 amide bonds. The second-order valence-corrected chi connectivity index (χ2v) is 3.03. The summed E-state index contributed by atoms with van der Waals surface area (Å²) < 4.78 is 4.87. The van der Waals surface area contributed by atoms with Gasteiger partial charge in [0.05, 0.1) is 7.11 Å². The van der Waals surface area contributed by atoms with Crippen molar-refractivity contribution in [1.29, 1.82) is 0 Å². The zero-order valence-electron chi connectivity index (χ0n) is 7.14. The molecule has 72 valence electrons. The third kappa shape index (κ3) is 2.45. The molecule has 6 nitrogen and oxygen atoms in total. The van der Waals surface area contributed by atoms with Crippen LogP contribution < -0.4 is 0 Å². The quantitative estimate of drug-likeness (QED) is 0.268. The van der Waals surface area contributed by atoms with Gasteiger partial charge in [-0.25, -0.2) is 9.78 Å². The van der Waals surface area contributed by atoms with Crippen LogP contribution in [0.15, 0.2) is 21.9 Å². The van der Waals surface area contributed by atoms with E-state index in [1.54, 1.807) is 0 Å². The zero-order valence-corrected chi connectivity index (χ0v) is 8.72. The zero-order chi connectivity index (χ0) is 10.6. The number of pyridine rings is 1. The van der Waals surface area contributed by atoms with Gasteiger partial charge >= 0.3 is 5.97 Å². The topological polar surface area (TPSA) is 88.0 Å². The fourth-order valence-electron chi connectivity index (χ4n) is 0.802. The second-order valence-electron chi connectivity index (χ2n) is 2.21. The van der Waals surface area contributed by atoms with Crippen molar-refractivity contribution in [2.75, 3.05) is 7.11 Å². The summed E-state index contributed by atoms with van der Waals surface area (Å²) in [5.74, 6) is -0.583. The molecule has 1 heterocycles. The van der Waals surface area contributed by atoms with Crippen molar-refractivity contribution in [2.24, 2.45) is 5.11 Å². The van der Waals surface area contributed by atoms with E-state index in [1.165, 1.54) is 19.2 Å². The van der Waals surface area contributed by atoms with E-state index in [0.29, 0.717) is 10.3 Å². The van der Waals surface area contributed by atoms with E-state index in [2.05, 4.69) is 35.7 Å². The molecule has 1 rings (SSSR count). The van der Waals surface area contributed by atoms with Gasteiger partial charge in [-0.2, -0.15) is 0 Å². The Hall–Kier alpha value is -1.59. The number of hydrogen-bond acceptors (Lipinski definition) is 4. The fraction of sp³-hybridized carbons (Fsp3) is 0.143. The molecule has 0 atom stereocenters. The van der Waals surface area contributed by atoms with Crippen molar-refractivity contribution in [2.45, 2.75) is 0 Å². The smallest absolute Gasteiger partial charge is 0.356 e. The Bertz CT molecular complexity index is 414. The Morgan fingerprint density at radius 1 is 1.71 bits per heavy atom. The Labute approximate surface area is 87.7 Å². The normalized spacial score (nSPS) is 9.00. The van der Waals surface area contributed by atoms with Crippen LogP contribution in [-0.2, 0) is 4.74 Å². The summed E-state index contributed by atoms with van der Waals surface area (Å²) in [5, 5.41) is 3.35. The van der Waals surface area contributed by atoms with Crippen molar-refractivity contribution in [3.8, 4) is 0 Å². The molecular formula is C7H5BrN4O2. The molecule has 0 N–H and O–H groups in total. The van der Waals surface area contributed by atoms with Crippen LogP contribution in [0.2, 0.25) is 0 Å². The summed E-state index contributed by atoms with van der Waals surface area (Å²) in [7, 11) is 1.25. The van der Waals surface area contributed by atoms with Crippen LogP contribution in [0.3, 0.4) is 0 Å². The summed E-state index contributed by atoms with van der Waals surface area (Å²) in [6, 6.07) is 2.84. The Morgan fingerprint density at radius 3 is 3.00 bits per heavy atom. The summed E-state index contributed by atoms with van der Waals surface area (Å²) in [6.07, 6.45) is 0. The number of hydrogen-bond donors (Lipinski definition) is 0. The van der Waals surface area contributed by atoms with Crippen LogP contribution in [0.5, 0.6) is 0 Å². The first-order valence-electron chi connectivity index (χ1n) is 3.48. The first-order chi connectivity index (χ1) is 6.67. The maximum Gasteiger partial charge on any atom is 0.356 e. The van der Waals surface area contributed by atoms with Gasteiger partial charge in [-0.3, -0.25) is 0 Å². The Balaban J connectivity index is 3.19. The van der Waals surface area contributed by atoms with Crippen LogP contribution in [0.1, 0.15) is 10.5 Å². The van der Waals surface area contributed by atoms with E-state index in [9.17, 15) is 4.79 Å². The highest BCUT2D eigenvalue weighted by molar-refractivity contribution is 9.10. The Kier molecular flexibility index (Phi) is 3.44. The van der Waals surface area contributed by atoms with Crippen molar-refractivity contribution < 1.29 is 9.53 Å². The van der Waals surface area contributed by atoms with Gasteiger partial charge in [-0.15, -0.1) is 0 Å². The number of carbonyl (C=O) groups excluding carboxylic acids is 1. The van der Waals surface area contributed by atoms with Gasteiger partial charge in [-0.1, -0.05) is 5.11 Å². The first-order valence-corrected chi connectivity index (χ1v) is 4.27. The number of ether oxygens (including phenoxy) is 1. The maximum atomic E-state index is 11.1. The van der Waals surface area contributed by atoms with Gasteiger partial charge < -0.3 is 4.74 Å². The molecular weight excluding hydrogens is 252 g/mol. The lowest BCUT2D eigenvalue weighted by Gasteiger charge is -1.99. The highest BCUT2D eigenvalue weighted by atomic mass is 79.9. The van der Waals surface area contributed by atoms with Crippen molar-refractivity contribution >= 4 is 27.6 Å². The largest absolute Gasteiger partial charge is 0.464 e. The molecule has 0 aliphatic heterocycles. The molecule has 0 fully saturated rings. The number of halogens is 1. The van der Waals surface area contributed by atoms with Gasteiger partial charge in [0.15, 0.2) is 0 Å². The second kappa shape index (κ2) is 4.59. The van der Waals surface area contributed by atoms with Crippen LogP contribution in [0, 0.1) is 0 Å². The lowest BCUT2D eigenvalue weighted by Crippen LogP contribution is -2.03. The molecule has 0 spiro atoms. The number of aromatic nitrogens is 1. The monoisotopic (exact) mass is 256 g/mol. The van der Waals surface area contributed by atoms with Crippen molar-refractivity contribution in [3.63, 3.8) is 0 Å². The molecule has 1 aromatic rings. The van der Waals surface area contributed by atoms with Crippen LogP contribution in [0.25, 0.3) is 10.4 Å². The minimum Gasteiger partial charge on any atom is -0.464 e. The molecule has 0 radical (unpaired) electrons. The number of azide groups is 1. The van der Waals surface area contributed by atoms with E-state index in [-0.39, 0.29) is 5.69 Å². The summed E-state index contributed by atoms with van der Waals surface area (Å²) >= 11 is 3.08. The molecule has 1 aromatic heterocycles. The predicted octanol–water partition coefficient (Wildman–Crippen LogP) is 2.57. The third-order valence-corrected chi connectivity index (χ3v) is 1.74. The van der Waals surface area contributed by atoms with E-state index in [4.69, 9.17) is 5.53 Å². The molecule has 0 aliphatic rings. The molecule has 0 bridgehead atoms. The molecule has 0 unspecified atom stereocenters. The van der Waals surface area contributed by atoms with Crippen LogP contribution in [-0.4, -0.2) is 18.1 Å². The minimum absolute atomic E-state index is 0.0873. The standard InChI is InChI=1S/C7H5BrN4O2/c1-14-7(13)5-2-4(11-12-9)3-6(8)10-5/h2-3H,1H3. The first kappa shape index (κ1) is 10.5. The van der Waals surface area contributed by atoms with E-state index in [1.807, 2.05) is 0 Å². The third-order valence-electron chi connectivity index (χ3n) is 1.33. The lowest BCUT2D eigenvalue weighted by molar-refractivity contribution is 0.0594. The van der Waals surface area contributed by atoms with Gasteiger partial charge in [0.25, 0.3) is 0 Å². The van der Waals surface area contributed by atoms with Crippen molar-refractivity contribution in [3.05, 3.63) is 32.9 Å². The predicted molar refractivity (Wildman–Crippen MR) is 52.1 cm³/mol. The average Bonchev–Trinajstić information content (AvgIpc) is 2.16. The lowest BCUT2D eigenvalue weighted by atomic mass is 10.3. The number of methoxy groups -OCH3 is 1. The van der Waals surface area contributed by atoms with Gasteiger partial charge in [-0.05, 0) is 33.6 Å². The van der Waals surface area contributed by atoms with Crippen LogP contribution in [0.4, 0.5) is 5.69 Å². The summed E-state index contributed by atoms with van der Waals surface area (Å²) in [5.41, 5.74) is 8.59. The molecule has 0 saturated heterocycles. The maximum absolute atomic E-state index is 11.1. The minimum atomic E-state index is -0.583. The molecule has 0 saturated carbocycles. The molecule has 14 heavy (non-hydrogen) atoms. The number of nitrogens with zero attached hydrogens (tertiary/aromatic N) is 4. The van der Waals surface area contributed by atoms with Crippen LogP contribution >= 0.6 is 15.9 Å². The van der Waals surface area contributed by atoms with Gasteiger partial charge in [0.2, 0.25) is 0 Å². The molecule has 7 heteroatoms. The highest BCUT2D eigenvalue weighted by Gasteiger charge is 2.08. The highest BCUT2D eigenvalue weighted by Crippen LogP contribution is 2.19. The SMILES string of the molecule is COC(=O)c1cc(N=[N+]=[N-])cc(Br)n1. The summed E-state index contributed by atoms with van der Waals surface area (Å²) in [6.45, 7) is 0. The number of rotatable bonds is 2. The Morgan fingerprint density at radius 2 is 2.43 bits per heavy atom. The number of esters is 1. The molecule has 0 aliphatic carbocycles. The van der Waals surface area contributed by atoms with Crippen molar-refractivity contribution in [1.82, 2.24) is 4.98 Å². The summed E-state index contributed by atoms with van der Waals surface area (Å²) in [4.78, 5) is 17.5. The van der Waals surface area contributed by atoms with E-state index in [0.717, 1.165) is 0 Å². The van der Waals surface area contributed by atoms with E-state index < -0.39 is 5.97 Å². The van der Waals surface area contributed by atoms with Gasteiger partial charge in [0.1, 0.15) is 10.3 Å². The van der Waals surface area contributed by atoms with Gasteiger partial charge in [0, 0.05) is 10.6 Å².